The summed E-state index contributed by atoms with van der Waals surface area (Å²) in [6, 6.07) is 27.2. The molecule has 0 heterocycles. The summed E-state index contributed by atoms with van der Waals surface area (Å²) < 4.78 is 13.2. The molecule has 33 heavy (non-hydrogen) atoms. The molecule has 0 aliphatic heterocycles. The Balaban J connectivity index is 1.72. The molecule has 3 aromatic carbocycles. The number of benzene rings is 3. The molecule has 0 fully saturated rings. The van der Waals surface area contributed by atoms with Gasteiger partial charge in [0.2, 0.25) is 5.91 Å². The lowest BCUT2D eigenvalue weighted by molar-refractivity contribution is -0.122. The van der Waals surface area contributed by atoms with Crippen molar-refractivity contribution in [3.8, 4) is 0 Å². The molecule has 0 radical (unpaired) electrons. The number of carbonyl (C=O) groups excluding carboxylic acids is 1. The van der Waals surface area contributed by atoms with Crippen molar-refractivity contribution >= 4 is 5.91 Å². The van der Waals surface area contributed by atoms with Crippen LogP contribution in [0.2, 0.25) is 0 Å². The minimum Gasteiger partial charge on any atom is -0.396 e. The van der Waals surface area contributed by atoms with Crippen molar-refractivity contribution < 1.29 is 14.3 Å². The molecule has 3 nitrogen and oxygen atoms in total. The fourth-order valence-electron chi connectivity index (χ4n) is 4.58. The normalized spacial score (nSPS) is 12.3. The molecule has 1 atom stereocenters. The number of carbonyl (C=O) groups is 1. The maximum Gasteiger partial charge on any atom is 0.227 e. The molecule has 0 bridgehead atoms. The van der Waals surface area contributed by atoms with E-state index in [9.17, 15) is 14.3 Å². The predicted octanol–water partition coefficient (Wildman–Crippen LogP) is 5.97. The largest absolute Gasteiger partial charge is 0.396 e. The molecular weight excluding hydrogens is 413 g/mol. The van der Waals surface area contributed by atoms with Crippen molar-refractivity contribution in [3.63, 3.8) is 0 Å². The maximum atomic E-state index is 13.2. The molecule has 0 aliphatic carbocycles. The number of unbranched alkanes of at least 4 members (excludes halogenated alkanes) is 1. The van der Waals surface area contributed by atoms with Gasteiger partial charge in [-0.3, -0.25) is 4.79 Å². The molecule has 0 spiro atoms. The highest BCUT2D eigenvalue weighted by atomic mass is 19.1. The minimum atomic E-state index is -0.330. The van der Waals surface area contributed by atoms with Crippen LogP contribution in [0.5, 0.6) is 0 Å². The quantitative estimate of drug-likeness (QED) is 0.336. The summed E-state index contributed by atoms with van der Waals surface area (Å²) in [7, 11) is 0. The second-order valence-corrected chi connectivity index (χ2v) is 8.66. The summed E-state index contributed by atoms with van der Waals surface area (Å²) in [5, 5.41) is 12.4. The van der Waals surface area contributed by atoms with Crippen LogP contribution in [0.3, 0.4) is 0 Å². The Hall–Kier alpha value is -2.98. The van der Waals surface area contributed by atoms with Crippen molar-refractivity contribution in [2.45, 2.75) is 50.4 Å². The Morgan fingerprint density at radius 3 is 1.94 bits per heavy atom. The molecule has 3 rings (SSSR count). The van der Waals surface area contributed by atoms with Crippen LogP contribution in [0.15, 0.2) is 84.9 Å². The highest BCUT2D eigenvalue weighted by molar-refractivity contribution is 5.83. The molecule has 3 aromatic rings. The van der Waals surface area contributed by atoms with Gasteiger partial charge >= 0.3 is 0 Å². The molecule has 0 saturated carbocycles. The molecule has 0 aromatic heterocycles. The van der Waals surface area contributed by atoms with Crippen LogP contribution in [0.1, 0.15) is 61.6 Å². The van der Waals surface area contributed by atoms with E-state index >= 15 is 0 Å². The Morgan fingerprint density at radius 1 is 0.848 bits per heavy atom. The summed E-state index contributed by atoms with van der Waals surface area (Å²) in [6.45, 7) is 2.61. The van der Waals surface area contributed by atoms with E-state index in [4.69, 9.17) is 0 Å². The van der Waals surface area contributed by atoms with Crippen molar-refractivity contribution in [2.24, 2.45) is 0 Å². The predicted molar refractivity (Wildman–Crippen MR) is 132 cm³/mol. The number of halogens is 1. The number of hydrogen-bond donors (Lipinski definition) is 2. The summed E-state index contributed by atoms with van der Waals surface area (Å²) in [4.78, 5) is 12.7. The molecular formula is C29H34FNO2. The van der Waals surface area contributed by atoms with E-state index in [1.54, 1.807) is 12.1 Å². The van der Waals surface area contributed by atoms with Crippen molar-refractivity contribution in [1.29, 1.82) is 0 Å². The standard InChI is InChI=1S/C29H34FNO2/c1-23(24-15-17-27(30)18-16-24)28(33)31-21-10-20-29(19-8-9-22-32,25-11-4-2-5-12-25)26-13-6-3-7-14-26/h2-7,11-18,23,32H,8-10,19-22H2,1H3,(H,31,33). The third kappa shape index (κ3) is 6.52. The van der Waals surface area contributed by atoms with E-state index in [1.165, 1.54) is 23.3 Å². The van der Waals surface area contributed by atoms with Crippen molar-refractivity contribution in [1.82, 2.24) is 5.32 Å². The number of hydrogen-bond acceptors (Lipinski definition) is 2. The van der Waals surface area contributed by atoms with Gasteiger partial charge in [-0.2, -0.15) is 0 Å². The van der Waals surface area contributed by atoms with Gasteiger partial charge in [0, 0.05) is 18.6 Å². The summed E-state index contributed by atoms with van der Waals surface area (Å²) in [6.07, 6.45) is 4.34. The summed E-state index contributed by atoms with van der Waals surface area (Å²) in [5.74, 6) is -0.680. The smallest absolute Gasteiger partial charge is 0.227 e. The zero-order chi connectivity index (χ0) is 23.5. The van der Waals surface area contributed by atoms with Gasteiger partial charge in [0.15, 0.2) is 0 Å². The van der Waals surface area contributed by atoms with Gasteiger partial charge < -0.3 is 10.4 Å². The average Bonchev–Trinajstić information content (AvgIpc) is 2.86. The van der Waals surface area contributed by atoms with Gasteiger partial charge in [-0.1, -0.05) is 72.8 Å². The van der Waals surface area contributed by atoms with Gasteiger partial charge in [-0.05, 0) is 67.9 Å². The Kier molecular flexibility index (Phi) is 9.20. The molecule has 174 valence electrons. The summed E-state index contributed by atoms with van der Waals surface area (Å²) in [5.41, 5.74) is 3.16. The number of rotatable bonds is 12. The SMILES string of the molecule is CC(C(=O)NCCCC(CCCCO)(c1ccccc1)c1ccccc1)c1ccc(F)cc1. The number of amides is 1. The Labute approximate surface area is 196 Å². The summed E-state index contributed by atoms with van der Waals surface area (Å²) >= 11 is 0. The number of aliphatic hydroxyl groups is 1. The highest BCUT2D eigenvalue weighted by Crippen LogP contribution is 2.41. The zero-order valence-electron chi connectivity index (χ0n) is 19.3. The van der Waals surface area contributed by atoms with Crippen molar-refractivity contribution in [2.75, 3.05) is 13.2 Å². The van der Waals surface area contributed by atoms with E-state index in [0.717, 1.165) is 37.7 Å². The maximum absolute atomic E-state index is 13.2. The van der Waals surface area contributed by atoms with E-state index in [2.05, 4.69) is 53.8 Å². The molecule has 1 amide bonds. The first-order valence-electron chi connectivity index (χ1n) is 11.8. The van der Waals surface area contributed by atoms with Gasteiger partial charge in [-0.25, -0.2) is 4.39 Å². The van der Waals surface area contributed by atoms with Crippen LogP contribution < -0.4 is 5.32 Å². The molecule has 0 saturated heterocycles. The molecule has 4 heteroatoms. The third-order valence-corrected chi connectivity index (χ3v) is 6.51. The lowest BCUT2D eigenvalue weighted by Gasteiger charge is -2.36. The molecule has 2 N–H and O–H groups in total. The van der Waals surface area contributed by atoms with Crippen LogP contribution in [0.4, 0.5) is 4.39 Å². The molecule has 1 unspecified atom stereocenters. The van der Waals surface area contributed by atoms with E-state index < -0.39 is 0 Å². The fourth-order valence-corrected chi connectivity index (χ4v) is 4.58. The second kappa shape index (κ2) is 12.3. The molecule has 0 aliphatic rings. The number of nitrogens with one attached hydrogen (secondary N) is 1. The van der Waals surface area contributed by atoms with E-state index in [0.29, 0.717) is 6.54 Å². The van der Waals surface area contributed by atoms with E-state index in [1.807, 2.05) is 19.1 Å². The van der Waals surface area contributed by atoms with Gasteiger partial charge in [0.1, 0.15) is 5.82 Å². The first-order chi connectivity index (χ1) is 16.1. The van der Waals surface area contributed by atoms with Crippen LogP contribution >= 0.6 is 0 Å². The lowest BCUT2D eigenvalue weighted by atomic mass is 9.68. The Morgan fingerprint density at radius 2 is 1.39 bits per heavy atom. The third-order valence-electron chi connectivity index (χ3n) is 6.51. The van der Waals surface area contributed by atoms with Gasteiger partial charge in [0.25, 0.3) is 0 Å². The number of aliphatic hydroxyl groups excluding tert-OH is 1. The lowest BCUT2D eigenvalue weighted by Crippen LogP contribution is -2.32. The van der Waals surface area contributed by atoms with Crippen LogP contribution in [0, 0.1) is 5.82 Å². The Bertz CT molecular complexity index is 934. The second-order valence-electron chi connectivity index (χ2n) is 8.66. The van der Waals surface area contributed by atoms with Gasteiger partial charge in [-0.15, -0.1) is 0 Å². The zero-order valence-corrected chi connectivity index (χ0v) is 19.3. The van der Waals surface area contributed by atoms with Crippen molar-refractivity contribution in [3.05, 3.63) is 107 Å². The van der Waals surface area contributed by atoms with Gasteiger partial charge in [0.05, 0.1) is 5.92 Å². The fraction of sp³-hybridized carbons (Fsp3) is 0.345. The minimum absolute atomic E-state index is 0.0492. The monoisotopic (exact) mass is 447 g/mol. The topological polar surface area (TPSA) is 49.3 Å². The first kappa shape index (κ1) is 24.7. The van der Waals surface area contributed by atoms with Crippen LogP contribution in [0.25, 0.3) is 0 Å². The van der Waals surface area contributed by atoms with E-state index in [-0.39, 0.29) is 29.7 Å². The van der Waals surface area contributed by atoms with Crippen LogP contribution in [-0.4, -0.2) is 24.2 Å². The highest BCUT2D eigenvalue weighted by Gasteiger charge is 2.33. The van der Waals surface area contributed by atoms with Crippen LogP contribution in [-0.2, 0) is 10.2 Å². The average molecular weight is 448 g/mol. The first-order valence-corrected chi connectivity index (χ1v) is 11.8.